The summed E-state index contributed by atoms with van der Waals surface area (Å²) in [7, 11) is 0. The van der Waals surface area contributed by atoms with Gasteiger partial charge in [-0.1, -0.05) is 0 Å². The first-order valence-corrected chi connectivity index (χ1v) is 4.54. The maximum absolute atomic E-state index is 8.80. The minimum Gasteiger partial charge on any atom is -0.392 e. The van der Waals surface area contributed by atoms with E-state index in [0.717, 1.165) is 5.03 Å². The van der Waals surface area contributed by atoms with Gasteiger partial charge in [0.15, 0.2) is 0 Å². The van der Waals surface area contributed by atoms with Crippen molar-refractivity contribution in [3.05, 3.63) is 17.0 Å². The summed E-state index contributed by atoms with van der Waals surface area (Å²) in [5.41, 5.74) is 0.710. The molecule has 11 heavy (non-hydrogen) atoms. The van der Waals surface area contributed by atoms with Crippen LogP contribution in [-0.4, -0.2) is 21.3 Å². The molecule has 1 aromatic heterocycles. The number of aromatic nitrogens is 2. The van der Waals surface area contributed by atoms with E-state index in [4.69, 9.17) is 16.7 Å². The number of hydrogen-bond acceptors (Lipinski definition) is 4. The van der Waals surface area contributed by atoms with E-state index in [2.05, 4.69) is 9.97 Å². The van der Waals surface area contributed by atoms with Gasteiger partial charge in [-0.3, -0.25) is 0 Å². The van der Waals surface area contributed by atoms with E-state index in [0.29, 0.717) is 5.56 Å². The predicted octanol–water partition coefficient (Wildman–Crippen LogP) is 1.34. The van der Waals surface area contributed by atoms with Gasteiger partial charge in [-0.2, -0.15) is 0 Å². The lowest BCUT2D eigenvalue weighted by molar-refractivity contribution is 0.277. The molecule has 1 N–H and O–H groups in total. The summed E-state index contributed by atoms with van der Waals surface area (Å²) in [4.78, 5) is 7.66. The molecular formula is C6H7ClN2OS. The predicted molar refractivity (Wildman–Crippen MR) is 44.7 cm³/mol. The minimum absolute atomic E-state index is 0.0483. The van der Waals surface area contributed by atoms with Gasteiger partial charge in [0.1, 0.15) is 5.03 Å². The van der Waals surface area contributed by atoms with Crippen molar-refractivity contribution in [2.24, 2.45) is 0 Å². The summed E-state index contributed by atoms with van der Waals surface area (Å²) in [6.07, 6.45) is 3.40. The van der Waals surface area contributed by atoms with Crippen LogP contribution in [0.4, 0.5) is 0 Å². The Balaban J connectivity index is 3.06. The first-order chi connectivity index (χ1) is 5.27. The smallest absolute Gasteiger partial charge is 0.223 e. The van der Waals surface area contributed by atoms with E-state index in [9.17, 15) is 0 Å². The molecule has 0 fully saturated rings. The van der Waals surface area contributed by atoms with E-state index in [1.54, 1.807) is 0 Å². The van der Waals surface area contributed by atoms with Crippen molar-refractivity contribution in [1.29, 1.82) is 0 Å². The molecule has 0 unspecified atom stereocenters. The fourth-order valence-electron chi connectivity index (χ4n) is 0.656. The molecule has 0 aliphatic rings. The zero-order valence-electron chi connectivity index (χ0n) is 5.91. The molecule has 3 nitrogen and oxygen atoms in total. The monoisotopic (exact) mass is 190 g/mol. The molecule has 5 heteroatoms. The van der Waals surface area contributed by atoms with E-state index < -0.39 is 0 Å². The van der Waals surface area contributed by atoms with Gasteiger partial charge in [0.25, 0.3) is 0 Å². The van der Waals surface area contributed by atoms with Crippen LogP contribution in [0.2, 0.25) is 5.28 Å². The zero-order chi connectivity index (χ0) is 8.27. The molecule has 0 radical (unpaired) electrons. The number of nitrogens with zero attached hydrogens (tertiary/aromatic N) is 2. The molecule has 60 valence electrons. The highest BCUT2D eigenvalue weighted by Crippen LogP contribution is 2.18. The number of aliphatic hydroxyl groups is 1. The molecule has 0 aliphatic heterocycles. The summed E-state index contributed by atoms with van der Waals surface area (Å²) in [5, 5.41) is 9.75. The summed E-state index contributed by atoms with van der Waals surface area (Å²) >= 11 is 6.97. The molecule has 0 atom stereocenters. The number of rotatable bonds is 2. The Labute approximate surface area is 73.8 Å². The van der Waals surface area contributed by atoms with Crippen molar-refractivity contribution >= 4 is 23.4 Å². The molecule has 1 rings (SSSR count). The van der Waals surface area contributed by atoms with Crippen molar-refractivity contribution in [3.63, 3.8) is 0 Å². The lowest BCUT2D eigenvalue weighted by Crippen LogP contribution is -1.93. The van der Waals surface area contributed by atoms with Gasteiger partial charge < -0.3 is 5.11 Å². The van der Waals surface area contributed by atoms with Crippen molar-refractivity contribution < 1.29 is 5.11 Å². The summed E-state index contributed by atoms with van der Waals surface area (Å²) < 4.78 is 0. The van der Waals surface area contributed by atoms with Crippen molar-refractivity contribution in [2.75, 3.05) is 6.26 Å². The molecule has 1 aromatic rings. The Morgan fingerprint density at radius 1 is 1.73 bits per heavy atom. The van der Waals surface area contributed by atoms with Crippen LogP contribution >= 0.6 is 23.4 Å². The Hall–Kier alpha value is -0.320. The van der Waals surface area contributed by atoms with Crippen molar-refractivity contribution in [3.8, 4) is 0 Å². The van der Waals surface area contributed by atoms with Gasteiger partial charge >= 0.3 is 0 Å². The molecule has 0 aromatic carbocycles. The Kier molecular flexibility index (Phi) is 3.11. The highest BCUT2D eigenvalue weighted by Gasteiger charge is 2.02. The van der Waals surface area contributed by atoms with Crippen molar-refractivity contribution in [2.45, 2.75) is 11.6 Å². The second-order valence-electron chi connectivity index (χ2n) is 1.83. The van der Waals surface area contributed by atoms with Gasteiger partial charge in [-0.05, 0) is 17.9 Å². The van der Waals surface area contributed by atoms with Crippen LogP contribution < -0.4 is 0 Å². The van der Waals surface area contributed by atoms with Crippen LogP contribution in [0.3, 0.4) is 0 Å². The molecular weight excluding hydrogens is 184 g/mol. The first-order valence-electron chi connectivity index (χ1n) is 2.94. The SMILES string of the molecule is CSc1nc(Cl)ncc1CO. The second-order valence-corrected chi connectivity index (χ2v) is 2.96. The molecule has 1 heterocycles. The highest BCUT2D eigenvalue weighted by molar-refractivity contribution is 7.98. The van der Waals surface area contributed by atoms with E-state index >= 15 is 0 Å². The largest absolute Gasteiger partial charge is 0.392 e. The van der Waals surface area contributed by atoms with Gasteiger partial charge in [0.05, 0.1) is 6.61 Å². The fourth-order valence-corrected chi connectivity index (χ4v) is 1.40. The Morgan fingerprint density at radius 3 is 3.00 bits per heavy atom. The van der Waals surface area contributed by atoms with Crippen LogP contribution in [0, 0.1) is 0 Å². The summed E-state index contributed by atoms with van der Waals surface area (Å²) in [6.45, 7) is -0.0483. The van der Waals surface area contributed by atoms with Crippen LogP contribution in [0.1, 0.15) is 5.56 Å². The third kappa shape index (κ3) is 2.05. The highest BCUT2D eigenvalue weighted by atomic mass is 35.5. The summed E-state index contributed by atoms with van der Waals surface area (Å²) in [6, 6.07) is 0. The van der Waals surface area contributed by atoms with Crippen LogP contribution in [0.5, 0.6) is 0 Å². The standard InChI is InChI=1S/C6H7ClN2OS/c1-11-5-4(3-10)2-8-6(7)9-5/h2,10H,3H2,1H3. The third-order valence-corrected chi connectivity index (χ3v) is 2.08. The number of aliphatic hydroxyl groups excluding tert-OH is 1. The number of halogens is 1. The van der Waals surface area contributed by atoms with Crippen LogP contribution in [-0.2, 0) is 6.61 Å². The quantitative estimate of drug-likeness (QED) is 0.435. The Morgan fingerprint density at radius 2 is 2.45 bits per heavy atom. The van der Waals surface area contributed by atoms with Gasteiger partial charge in [0.2, 0.25) is 5.28 Å². The summed E-state index contributed by atoms with van der Waals surface area (Å²) in [5.74, 6) is 0. The second kappa shape index (κ2) is 3.90. The molecule has 0 amide bonds. The van der Waals surface area contributed by atoms with E-state index in [1.807, 2.05) is 6.26 Å². The van der Waals surface area contributed by atoms with Gasteiger partial charge in [0, 0.05) is 11.8 Å². The normalized spacial score (nSPS) is 10.1. The maximum Gasteiger partial charge on any atom is 0.223 e. The molecule has 0 spiro atoms. The lowest BCUT2D eigenvalue weighted by Gasteiger charge is -2.01. The van der Waals surface area contributed by atoms with Gasteiger partial charge in [-0.25, -0.2) is 9.97 Å². The fraction of sp³-hybridized carbons (Fsp3) is 0.333. The Bertz CT molecular complexity index is 256. The van der Waals surface area contributed by atoms with E-state index in [1.165, 1.54) is 18.0 Å². The first kappa shape index (κ1) is 8.77. The lowest BCUT2D eigenvalue weighted by atomic mass is 10.4. The average Bonchev–Trinajstić information content (AvgIpc) is 2.04. The topological polar surface area (TPSA) is 46.0 Å². The minimum atomic E-state index is -0.0483. The van der Waals surface area contributed by atoms with E-state index in [-0.39, 0.29) is 11.9 Å². The molecule has 0 aliphatic carbocycles. The molecule has 0 saturated carbocycles. The molecule has 0 bridgehead atoms. The van der Waals surface area contributed by atoms with Gasteiger partial charge in [-0.15, -0.1) is 11.8 Å². The number of thioether (sulfide) groups is 1. The maximum atomic E-state index is 8.80. The zero-order valence-corrected chi connectivity index (χ0v) is 7.48. The van der Waals surface area contributed by atoms with Crippen molar-refractivity contribution in [1.82, 2.24) is 9.97 Å². The van der Waals surface area contributed by atoms with Crippen LogP contribution in [0.25, 0.3) is 0 Å². The average molecular weight is 191 g/mol. The number of hydrogen-bond donors (Lipinski definition) is 1. The third-order valence-electron chi connectivity index (χ3n) is 1.16. The molecule has 0 saturated heterocycles. The van der Waals surface area contributed by atoms with Crippen LogP contribution in [0.15, 0.2) is 11.2 Å².